The summed E-state index contributed by atoms with van der Waals surface area (Å²) in [4.78, 5) is 0. The molecule has 1 aliphatic carbocycles. The van der Waals surface area contributed by atoms with Crippen molar-refractivity contribution in [3.63, 3.8) is 0 Å². The molecule has 0 amide bonds. The molecule has 2 aromatic rings. The van der Waals surface area contributed by atoms with E-state index < -0.39 is 0 Å². The van der Waals surface area contributed by atoms with E-state index in [1.807, 2.05) is 0 Å². The summed E-state index contributed by atoms with van der Waals surface area (Å²) >= 11 is 5.28. The highest BCUT2D eigenvalue weighted by molar-refractivity contribution is 7.71. The number of nitrogens with zero attached hydrogens (tertiary/aromatic N) is 2. The van der Waals surface area contributed by atoms with E-state index in [2.05, 4.69) is 46.0 Å². The second-order valence-electron chi connectivity index (χ2n) is 4.65. The Kier molecular flexibility index (Phi) is 2.59. The van der Waals surface area contributed by atoms with Crippen molar-refractivity contribution in [2.45, 2.75) is 32.2 Å². The predicted octanol–water partition coefficient (Wildman–Crippen LogP) is 3.17. The fraction of sp³-hybridized carbons (Fsp3) is 0.385. The Balaban J connectivity index is 1.96. The zero-order valence-corrected chi connectivity index (χ0v) is 10.6. The number of H-pyrrole nitrogens is 1. The molecule has 0 atom stereocenters. The van der Waals surface area contributed by atoms with Crippen LogP contribution in [-0.2, 0) is 6.42 Å². The van der Waals surface area contributed by atoms with Gasteiger partial charge in [0, 0.05) is 12.5 Å². The molecule has 88 valence electrons. The van der Waals surface area contributed by atoms with Crippen molar-refractivity contribution in [1.82, 2.24) is 14.8 Å². The van der Waals surface area contributed by atoms with Crippen molar-refractivity contribution < 1.29 is 0 Å². The summed E-state index contributed by atoms with van der Waals surface area (Å²) in [7, 11) is 0. The van der Waals surface area contributed by atoms with E-state index >= 15 is 0 Å². The van der Waals surface area contributed by atoms with Gasteiger partial charge in [0.15, 0.2) is 4.77 Å². The van der Waals surface area contributed by atoms with E-state index in [4.69, 9.17) is 12.2 Å². The van der Waals surface area contributed by atoms with Crippen LogP contribution in [0.15, 0.2) is 24.3 Å². The number of aromatic nitrogens is 3. The number of benzene rings is 1. The fourth-order valence-electron chi connectivity index (χ4n) is 2.15. The first-order valence-corrected chi connectivity index (χ1v) is 6.37. The average molecular weight is 245 g/mol. The minimum atomic E-state index is 0.584. The first kappa shape index (κ1) is 10.7. The van der Waals surface area contributed by atoms with Crippen LogP contribution in [0.2, 0.25) is 0 Å². The number of hydrogen-bond donors (Lipinski definition) is 1. The molecule has 0 spiro atoms. The number of rotatable bonds is 3. The zero-order chi connectivity index (χ0) is 11.8. The third-order valence-electron chi connectivity index (χ3n) is 3.30. The quantitative estimate of drug-likeness (QED) is 0.843. The Labute approximate surface area is 105 Å². The molecule has 1 aromatic heterocycles. The zero-order valence-electron chi connectivity index (χ0n) is 9.81. The summed E-state index contributed by atoms with van der Waals surface area (Å²) in [5.41, 5.74) is 2.63. The van der Waals surface area contributed by atoms with E-state index in [0.29, 0.717) is 6.04 Å². The van der Waals surface area contributed by atoms with Gasteiger partial charge in [-0.25, -0.2) is 0 Å². The molecule has 0 bridgehead atoms. The first-order valence-electron chi connectivity index (χ1n) is 5.96. The molecule has 0 unspecified atom stereocenters. The summed E-state index contributed by atoms with van der Waals surface area (Å²) in [5.74, 6) is 1.06. The smallest absolute Gasteiger partial charge is 0.195 e. The lowest BCUT2D eigenvalue weighted by molar-refractivity contribution is 0.685. The summed E-state index contributed by atoms with van der Waals surface area (Å²) < 4.78 is 2.94. The second kappa shape index (κ2) is 4.11. The third-order valence-corrected chi connectivity index (χ3v) is 3.59. The van der Waals surface area contributed by atoms with Gasteiger partial charge in [-0.3, -0.25) is 5.10 Å². The van der Waals surface area contributed by atoms with Crippen LogP contribution >= 0.6 is 12.2 Å². The van der Waals surface area contributed by atoms with Gasteiger partial charge in [-0.05, 0) is 43.1 Å². The molecule has 17 heavy (non-hydrogen) atoms. The topological polar surface area (TPSA) is 33.6 Å². The molecule has 3 rings (SSSR count). The van der Waals surface area contributed by atoms with E-state index in [1.54, 1.807) is 0 Å². The maximum Gasteiger partial charge on any atom is 0.195 e. The van der Waals surface area contributed by atoms with Crippen LogP contribution in [0.1, 0.15) is 35.8 Å². The summed E-state index contributed by atoms with van der Waals surface area (Å²) in [5, 5.41) is 7.27. The number of hydrogen-bond acceptors (Lipinski definition) is 2. The van der Waals surface area contributed by atoms with E-state index in [1.165, 1.54) is 24.0 Å². The van der Waals surface area contributed by atoms with Gasteiger partial charge in [0.05, 0.1) is 0 Å². The number of aryl methyl sites for hydroxylation is 1. The van der Waals surface area contributed by atoms with Gasteiger partial charge in [0.2, 0.25) is 0 Å². The predicted molar refractivity (Wildman–Crippen MR) is 69.7 cm³/mol. The van der Waals surface area contributed by atoms with Crippen LogP contribution < -0.4 is 0 Å². The van der Waals surface area contributed by atoms with Gasteiger partial charge in [-0.15, -0.1) is 0 Å². The Morgan fingerprint density at radius 3 is 2.88 bits per heavy atom. The molecule has 1 aromatic carbocycles. The maximum absolute atomic E-state index is 5.28. The third kappa shape index (κ3) is 2.05. The van der Waals surface area contributed by atoms with Crippen LogP contribution in [0.3, 0.4) is 0 Å². The first-order chi connectivity index (χ1) is 8.25. The lowest BCUT2D eigenvalue weighted by Gasteiger charge is -2.07. The van der Waals surface area contributed by atoms with Crippen molar-refractivity contribution in [3.05, 3.63) is 46.0 Å². The lowest BCUT2D eigenvalue weighted by Crippen LogP contribution is -2.03. The normalized spacial score (nSPS) is 15.1. The molecule has 3 nitrogen and oxygen atoms in total. The molecule has 1 aliphatic rings. The Morgan fingerprint density at radius 1 is 1.41 bits per heavy atom. The van der Waals surface area contributed by atoms with Gasteiger partial charge in [-0.1, -0.05) is 24.3 Å². The minimum absolute atomic E-state index is 0.584. The number of aromatic amines is 1. The molecule has 1 N–H and O–H groups in total. The SMILES string of the molecule is Cc1ccccc1Cc1n[nH]c(=S)n1C1CC1. The highest BCUT2D eigenvalue weighted by Gasteiger charge is 2.27. The van der Waals surface area contributed by atoms with Gasteiger partial charge in [-0.2, -0.15) is 5.10 Å². The van der Waals surface area contributed by atoms with E-state index in [9.17, 15) is 0 Å². The van der Waals surface area contributed by atoms with Gasteiger partial charge in [0.25, 0.3) is 0 Å². The lowest BCUT2D eigenvalue weighted by atomic mass is 10.1. The van der Waals surface area contributed by atoms with Gasteiger partial charge in [0.1, 0.15) is 5.82 Å². The summed E-state index contributed by atoms with van der Waals surface area (Å²) in [6, 6.07) is 9.02. The highest BCUT2D eigenvalue weighted by Crippen LogP contribution is 2.36. The molecular formula is C13H15N3S. The highest BCUT2D eigenvalue weighted by atomic mass is 32.1. The fourth-order valence-corrected chi connectivity index (χ4v) is 2.45. The van der Waals surface area contributed by atoms with Crippen LogP contribution in [0.4, 0.5) is 0 Å². The molecule has 0 saturated heterocycles. The maximum atomic E-state index is 5.28. The molecule has 1 fully saturated rings. The molecular weight excluding hydrogens is 230 g/mol. The molecule has 0 radical (unpaired) electrons. The van der Waals surface area contributed by atoms with Crippen LogP contribution in [0.25, 0.3) is 0 Å². The van der Waals surface area contributed by atoms with E-state index in [0.717, 1.165) is 17.0 Å². The van der Waals surface area contributed by atoms with Gasteiger partial charge >= 0.3 is 0 Å². The van der Waals surface area contributed by atoms with Crippen molar-refractivity contribution in [2.24, 2.45) is 0 Å². The van der Waals surface area contributed by atoms with Gasteiger partial charge < -0.3 is 4.57 Å². The summed E-state index contributed by atoms with van der Waals surface area (Å²) in [6.07, 6.45) is 3.32. The molecule has 1 saturated carbocycles. The van der Waals surface area contributed by atoms with Crippen LogP contribution in [-0.4, -0.2) is 14.8 Å². The monoisotopic (exact) mass is 245 g/mol. The van der Waals surface area contributed by atoms with Crippen molar-refractivity contribution >= 4 is 12.2 Å². The van der Waals surface area contributed by atoms with Crippen molar-refractivity contribution in [2.75, 3.05) is 0 Å². The van der Waals surface area contributed by atoms with Crippen molar-refractivity contribution in [1.29, 1.82) is 0 Å². The Morgan fingerprint density at radius 2 is 2.18 bits per heavy atom. The number of nitrogens with one attached hydrogen (secondary N) is 1. The van der Waals surface area contributed by atoms with Crippen LogP contribution in [0, 0.1) is 11.7 Å². The second-order valence-corrected chi connectivity index (χ2v) is 5.04. The Hall–Kier alpha value is -1.42. The van der Waals surface area contributed by atoms with E-state index in [-0.39, 0.29) is 0 Å². The van der Waals surface area contributed by atoms with Crippen LogP contribution in [0.5, 0.6) is 0 Å². The Bertz CT molecular complexity index is 593. The summed E-state index contributed by atoms with van der Waals surface area (Å²) in [6.45, 7) is 2.14. The standard InChI is InChI=1S/C13H15N3S/c1-9-4-2-3-5-10(9)8-12-14-15-13(17)16(12)11-6-7-11/h2-5,11H,6-8H2,1H3,(H,15,17). The molecule has 1 heterocycles. The average Bonchev–Trinajstić information content (AvgIpc) is 3.08. The minimum Gasteiger partial charge on any atom is -0.301 e. The van der Waals surface area contributed by atoms with Crippen molar-refractivity contribution in [3.8, 4) is 0 Å². The molecule has 4 heteroatoms. The molecule has 0 aliphatic heterocycles. The largest absolute Gasteiger partial charge is 0.301 e.